The van der Waals surface area contributed by atoms with E-state index in [2.05, 4.69) is 16.0 Å². The van der Waals surface area contributed by atoms with Gasteiger partial charge in [0.2, 0.25) is 0 Å². The van der Waals surface area contributed by atoms with Crippen molar-refractivity contribution in [1.29, 1.82) is 0 Å². The van der Waals surface area contributed by atoms with Crippen molar-refractivity contribution < 1.29 is 32.1 Å². The Labute approximate surface area is 182 Å². The van der Waals surface area contributed by atoms with E-state index >= 15 is 0 Å². The lowest BCUT2D eigenvalue weighted by atomic mass is 10.1. The molecule has 172 valence electrons. The second-order valence-corrected chi connectivity index (χ2v) is 8.96. The van der Waals surface area contributed by atoms with Crippen LogP contribution in [0.15, 0.2) is 49.0 Å². The molecule has 0 spiro atoms. The predicted molar refractivity (Wildman–Crippen MR) is 121 cm³/mol. The largest absolute Gasteiger partial charge is 0.749 e. The third-order valence-corrected chi connectivity index (χ3v) is 5.44. The minimum Gasteiger partial charge on any atom is -0.412 e. The van der Waals surface area contributed by atoms with E-state index in [9.17, 15) is 14.0 Å². The number of unbranched alkanes of at least 4 members (excludes halogenated alkanes) is 9. The predicted octanol–water partition coefficient (Wildman–Crippen LogP) is 7.50. The van der Waals surface area contributed by atoms with Crippen molar-refractivity contribution in [1.82, 2.24) is 0 Å². The Balaban J connectivity index is 3.70. The number of phosphoric ester groups is 1. The summed E-state index contributed by atoms with van der Waals surface area (Å²) in [5.41, 5.74) is 0. The summed E-state index contributed by atoms with van der Waals surface area (Å²) in [6.45, 7) is 2.43. The molecule has 0 radical (unpaired) electrons. The fourth-order valence-electron chi connectivity index (χ4n) is 2.39. The molecule has 30 heavy (non-hydrogen) atoms. The second-order valence-electron chi connectivity index (χ2n) is 6.53. The van der Waals surface area contributed by atoms with Gasteiger partial charge in [-0.1, -0.05) is 89.0 Å². The zero-order valence-corrected chi connectivity index (χ0v) is 20.0. The summed E-state index contributed by atoms with van der Waals surface area (Å²) in [5.74, 6) is 0. The Morgan fingerprint density at radius 1 is 0.800 bits per heavy atom. The Hall–Kier alpha value is -1.23. The molecule has 0 aliphatic carbocycles. The van der Waals surface area contributed by atoms with Crippen molar-refractivity contribution in [2.24, 2.45) is 0 Å². The van der Waals surface area contributed by atoms with Gasteiger partial charge in [0.1, 0.15) is 0 Å². The highest BCUT2D eigenvalue weighted by Crippen LogP contribution is 2.43. The van der Waals surface area contributed by atoms with Crippen LogP contribution < -0.4 is 0 Å². The number of hydrogen-bond acceptors (Lipinski definition) is 6. The molecule has 0 rings (SSSR count). The fourth-order valence-corrected chi connectivity index (χ4v) is 3.29. The van der Waals surface area contributed by atoms with Crippen LogP contribution in [-0.4, -0.2) is 18.6 Å². The van der Waals surface area contributed by atoms with Crippen LogP contribution >= 0.6 is 16.1 Å². The number of hydrogen-bond donors (Lipinski definition) is 1. The molecule has 2 atom stereocenters. The van der Waals surface area contributed by atoms with Gasteiger partial charge >= 0.3 is 16.1 Å². The lowest BCUT2D eigenvalue weighted by Gasteiger charge is -2.09. The van der Waals surface area contributed by atoms with Crippen molar-refractivity contribution in [2.45, 2.75) is 71.1 Å². The van der Waals surface area contributed by atoms with Crippen molar-refractivity contribution in [3.05, 3.63) is 49.0 Å². The highest BCUT2D eigenvalue weighted by molar-refractivity contribution is 7.47. The normalized spacial score (nSPS) is 14.8. The van der Waals surface area contributed by atoms with E-state index in [-0.39, 0.29) is 6.61 Å². The Morgan fingerprint density at radius 3 is 1.87 bits per heavy atom. The van der Waals surface area contributed by atoms with Crippen molar-refractivity contribution in [3.8, 4) is 0 Å². The molecule has 0 saturated heterocycles. The van der Waals surface area contributed by atoms with E-state index in [1.54, 1.807) is 30.4 Å². The lowest BCUT2D eigenvalue weighted by Crippen LogP contribution is -1.94. The van der Waals surface area contributed by atoms with E-state index in [0.717, 1.165) is 25.5 Å². The van der Waals surface area contributed by atoms with Crippen LogP contribution in [0.3, 0.4) is 0 Å². The summed E-state index contributed by atoms with van der Waals surface area (Å²) >= 11 is 0. The third-order valence-electron chi connectivity index (χ3n) is 3.96. The molecule has 0 amide bonds. The quantitative estimate of drug-likeness (QED) is 0.0865. The summed E-state index contributed by atoms with van der Waals surface area (Å²) in [4.78, 5) is 9.59. The molecule has 0 aromatic heterocycles. The maximum Gasteiger partial charge on any atom is 0.749 e. The zero-order valence-electron chi connectivity index (χ0n) is 18.2. The molecular formula is C21H37O7P2+. The average molecular weight is 463 g/mol. The van der Waals surface area contributed by atoms with Gasteiger partial charge in [0, 0.05) is 4.57 Å². The van der Waals surface area contributed by atoms with E-state index in [1.807, 2.05) is 0 Å². The van der Waals surface area contributed by atoms with Crippen LogP contribution in [0.25, 0.3) is 0 Å². The van der Waals surface area contributed by atoms with E-state index in [0.29, 0.717) is 0 Å². The number of phosphoric acid groups is 1. The maximum absolute atomic E-state index is 11.7. The number of rotatable bonds is 20. The summed E-state index contributed by atoms with van der Waals surface area (Å²) < 4.78 is 41.4. The van der Waals surface area contributed by atoms with Gasteiger partial charge in [-0.05, 0) is 18.6 Å². The van der Waals surface area contributed by atoms with Crippen molar-refractivity contribution in [3.63, 3.8) is 0 Å². The van der Waals surface area contributed by atoms with Gasteiger partial charge in [0.05, 0.1) is 20.0 Å². The van der Waals surface area contributed by atoms with Crippen LogP contribution in [-0.2, 0) is 27.2 Å². The molecule has 2 unspecified atom stereocenters. The smallest absolute Gasteiger partial charge is 0.412 e. The minimum absolute atomic E-state index is 0.208. The van der Waals surface area contributed by atoms with Gasteiger partial charge < -0.3 is 4.52 Å². The monoisotopic (exact) mass is 463 g/mol. The van der Waals surface area contributed by atoms with Gasteiger partial charge in [0.15, 0.2) is 6.26 Å². The Bertz CT molecular complexity index is 586. The summed E-state index contributed by atoms with van der Waals surface area (Å²) in [5, 5.41) is 0. The highest BCUT2D eigenvalue weighted by atomic mass is 31.2. The van der Waals surface area contributed by atoms with Crippen LogP contribution in [0.2, 0.25) is 0 Å². The molecule has 0 aliphatic heterocycles. The van der Waals surface area contributed by atoms with Crippen LogP contribution in [0.1, 0.15) is 71.1 Å². The molecule has 0 aliphatic rings. The first kappa shape index (κ1) is 28.8. The maximum atomic E-state index is 11.7. The molecule has 0 aromatic rings. The zero-order chi connectivity index (χ0) is 22.3. The third kappa shape index (κ3) is 21.5. The van der Waals surface area contributed by atoms with Crippen molar-refractivity contribution >= 4 is 16.1 Å². The van der Waals surface area contributed by atoms with E-state index in [1.165, 1.54) is 64.4 Å². The summed E-state index contributed by atoms with van der Waals surface area (Å²) in [6, 6.07) is 0. The standard InChI is InChI=1S/C21H36O7P2/c1-3-4-5-6-7-8-9-10-14-17-20-27-30(23,24)28-21-18-15-12-11-13-16-19-26-29(22)25-2/h11-13,15-16,18-19,21H,3-10,14,17,20H2,1-2H3/p+1/b13-11+,15-12+,19-16-,21-18-. The van der Waals surface area contributed by atoms with Gasteiger partial charge in [0.25, 0.3) is 0 Å². The SMILES string of the molecule is CCCCCCCCCCCCOP(=O)(O)O\C=C/C=C/C=C/C=C\O[P+](=O)OC. The van der Waals surface area contributed by atoms with Gasteiger partial charge in [-0.3, -0.25) is 9.42 Å². The first-order valence-corrected chi connectivity index (χ1v) is 13.1. The van der Waals surface area contributed by atoms with Crippen LogP contribution in [0, 0.1) is 0 Å². The molecular weight excluding hydrogens is 426 g/mol. The summed E-state index contributed by atoms with van der Waals surface area (Å²) in [6.07, 6.45) is 23.9. The first-order valence-electron chi connectivity index (χ1n) is 10.5. The molecule has 9 heteroatoms. The van der Waals surface area contributed by atoms with Crippen LogP contribution in [0.5, 0.6) is 0 Å². The van der Waals surface area contributed by atoms with Gasteiger partial charge in [-0.15, -0.1) is 4.52 Å². The molecule has 0 heterocycles. The highest BCUT2D eigenvalue weighted by Gasteiger charge is 2.19. The number of allylic oxidation sites excluding steroid dienone is 6. The Morgan fingerprint density at radius 2 is 1.30 bits per heavy atom. The minimum atomic E-state index is -4.06. The van der Waals surface area contributed by atoms with Gasteiger partial charge in [-0.2, -0.15) is 0 Å². The molecule has 0 fully saturated rings. The lowest BCUT2D eigenvalue weighted by molar-refractivity contribution is 0.184. The van der Waals surface area contributed by atoms with E-state index in [4.69, 9.17) is 9.05 Å². The molecule has 7 nitrogen and oxygen atoms in total. The molecule has 0 saturated carbocycles. The molecule has 0 bridgehead atoms. The molecule has 1 N–H and O–H groups in total. The molecule has 0 aromatic carbocycles. The Kier molecular flexibility index (Phi) is 20.2. The average Bonchev–Trinajstić information content (AvgIpc) is 2.73. The van der Waals surface area contributed by atoms with Gasteiger partial charge in [-0.25, -0.2) is 9.09 Å². The second kappa shape index (κ2) is 21.0. The fraction of sp³-hybridized carbons (Fsp3) is 0.619. The van der Waals surface area contributed by atoms with E-state index < -0.39 is 16.1 Å². The topological polar surface area (TPSA) is 91.3 Å². The van der Waals surface area contributed by atoms with Crippen molar-refractivity contribution in [2.75, 3.05) is 13.7 Å². The first-order chi connectivity index (χ1) is 14.5. The van der Waals surface area contributed by atoms with Crippen LogP contribution in [0.4, 0.5) is 0 Å². The summed E-state index contributed by atoms with van der Waals surface area (Å²) in [7, 11) is -4.89.